The maximum absolute atomic E-state index is 14.4. The van der Waals surface area contributed by atoms with Gasteiger partial charge in [0, 0.05) is 27.6 Å². The second-order valence-corrected chi connectivity index (χ2v) is 5.85. The highest BCUT2D eigenvalue weighted by molar-refractivity contribution is 5.91. The first kappa shape index (κ1) is 17.8. The van der Waals surface area contributed by atoms with Gasteiger partial charge in [-0.3, -0.25) is 10.1 Å². The van der Waals surface area contributed by atoms with Gasteiger partial charge < -0.3 is 9.72 Å². The van der Waals surface area contributed by atoms with Crippen LogP contribution in [-0.2, 0) is 5.41 Å². The molecule has 2 aromatic carbocycles. The lowest BCUT2D eigenvalue weighted by Gasteiger charge is -2.33. The molecule has 3 rings (SSSR count). The summed E-state index contributed by atoms with van der Waals surface area (Å²) in [7, 11) is 1.34. The van der Waals surface area contributed by atoms with Crippen molar-refractivity contribution in [2.75, 3.05) is 13.7 Å². The van der Waals surface area contributed by atoms with Crippen molar-refractivity contribution in [2.45, 2.75) is 11.6 Å². The van der Waals surface area contributed by atoms with Gasteiger partial charge in [-0.1, -0.05) is 36.4 Å². The van der Waals surface area contributed by atoms with Gasteiger partial charge in [-0.05, 0) is 17.7 Å². The first-order valence-corrected chi connectivity index (χ1v) is 7.70. The average Bonchev–Trinajstić information content (AvgIpc) is 3.03. The van der Waals surface area contributed by atoms with Crippen molar-refractivity contribution >= 4 is 10.9 Å². The van der Waals surface area contributed by atoms with Crippen molar-refractivity contribution in [1.29, 1.82) is 0 Å². The summed E-state index contributed by atoms with van der Waals surface area (Å²) in [6.07, 6.45) is -3.73. The fourth-order valence-electron chi connectivity index (χ4n) is 3.31. The topological polar surface area (TPSA) is 68.2 Å². The van der Waals surface area contributed by atoms with Gasteiger partial charge in [0.1, 0.15) is 5.75 Å². The number of alkyl halides is 3. The van der Waals surface area contributed by atoms with Crippen LogP contribution in [0.5, 0.6) is 5.75 Å². The van der Waals surface area contributed by atoms with Crippen molar-refractivity contribution in [3.05, 3.63) is 76.0 Å². The van der Waals surface area contributed by atoms with Crippen molar-refractivity contribution in [1.82, 2.24) is 4.98 Å². The van der Waals surface area contributed by atoms with E-state index in [2.05, 4.69) is 4.98 Å². The SMILES string of the molecule is COc1cccc2[nH]cc([C@@](C[N+](=O)[O-])(c3ccccc3)C(F)(F)F)c12. The van der Waals surface area contributed by atoms with Crippen LogP contribution in [0, 0.1) is 10.1 Å². The standard InChI is InChI=1S/C18H15F3N2O3/c1-26-15-9-5-8-14-16(15)13(10-22-14)17(11-23(24)25,18(19,20)21)12-6-3-2-4-7-12/h2-10,22H,11H2,1H3/t17-/m1/s1. The molecule has 136 valence electrons. The predicted molar refractivity (Wildman–Crippen MR) is 90.0 cm³/mol. The number of aromatic nitrogens is 1. The Labute approximate surface area is 146 Å². The molecule has 0 aliphatic heterocycles. The van der Waals surface area contributed by atoms with Crippen LogP contribution in [0.3, 0.4) is 0 Å². The van der Waals surface area contributed by atoms with Crippen LogP contribution in [0.4, 0.5) is 13.2 Å². The Kier molecular flexibility index (Phi) is 4.35. The van der Waals surface area contributed by atoms with Crippen LogP contribution in [0.1, 0.15) is 11.1 Å². The van der Waals surface area contributed by atoms with E-state index in [-0.39, 0.29) is 22.3 Å². The Hall–Kier alpha value is -3.03. The lowest BCUT2D eigenvalue weighted by atomic mass is 9.73. The van der Waals surface area contributed by atoms with Crippen molar-refractivity contribution in [3.8, 4) is 5.75 Å². The second-order valence-electron chi connectivity index (χ2n) is 5.85. The number of ether oxygens (including phenoxy) is 1. The van der Waals surface area contributed by atoms with Crippen LogP contribution >= 0.6 is 0 Å². The zero-order valence-electron chi connectivity index (χ0n) is 13.7. The zero-order valence-corrected chi connectivity index (χ0v) is 13.7. The Morgan fingerprint density at radius 3 is 2.38 bits per heavy atom. The molecule has 3 aromatic rings. The molecule has 0 saturated heterocycles. The number of hydrogen-bond donors (Lipinski definition) is 1. The number of fused-ring (bicyclic) bond motifs is 1. The summed E-state index contributed by atoms with van der Waals surface area (Å²) in [5.74, 6) is 0.214. The summed E-state index contributed by atoms with van der Waals surface area (Å²) >= 11 is 0. The number of H-pyrrole nitrogens is 1. The summed E-state index contributed by atoms with van der Waals surface area (Å²) in [5, 5.41) is 11.5. The third-order valence-electron chi connectivity index (χ3n) is 4.46. The van der Waals surface area contributed by atoms with Crippen LogP contribution in [-0.4, -0.2) is 29.7 Å². The third kappa shape index (κ3) is 2.67. The molecule has 0 unspecified atom stereocenters. The molecule has 26 heavy (non-hydrogen) atoms. The number of nitrogens with zero attached hydrogens (tertiary/aromatic N) is 1. The van der Waals surface area contributed by atoms with E-state index in [0.717, 1.165) is 0 Å². The predicted octanol–water partition coefficient (Wildman–Crippen LogP) is 4.30. The van der Waals surface area contributed by atoms with E-state index in [0.29, 0.717) is 5.52 Å². The summed E-state index contributed by atoms with van der Waals surface area (Å²) in [5.41, 5.74) is -2.84. The van der Waals surface area contributed by atoms with E-state index in [1.165, 1.54) is 43.6 Å². The molecule has 0 fully saturated rings. The van der Waals surface area contributed by atoms with Crippen molar-refractivity contribution in [3.63, 3.8) is 0 Å². The van der Waals surface area contributed by atoms with E-state index < -0.39 is 23.1 Å². The molecular weight excluding hydrogens is 349 g/mol. The average molecular weight is 364 g/mol. The number of nitro groups is 1. The van der Waals surface area contributed by atoms with Crippen LogP contribution in [0.25, 0.3) is 10.9 Å². The number of methoxy groups -OCH3 is 1. The summed E-state index contributed by atoms with van der Waals surface area (Å²) in [6, 6.07) is 11.7. The van der Waals surface area contributed by atoms with Gasteiger partial charge in [0.25, 0.3) is 0 Å². The molecular formula is C18H15F3N2O3. The van der Waals surface area contributed by atoms with Gasteiger partial charge in [0.15, 0.2) is 5.41 Å². The highest BCUT2D eigenvalue weighted by Gasteiger charge is 2.62. The normalized spacial score (nSPS) is 14.2. The maximum Gasteiger partial charge on any atom is 0.408 e. The molecule has 1 aromatic heterocycles. The van der Waals surface area contributed by atoms with Crippen molar-refractivity contribution in [2.24, 2.45) is 0 Å². The smallest absolute Gasteiger partial charge is 0.408 e. The van der Waals surface area contributed by atoms with E-state index in [9.17, 15) is 23.3 Å². The lowest BCUT2D eigenvalue weighted by Crippen LogP contribution is -2.48. The Morgan fingerprint density at radius 2 is 1.81 bits per heavy atom. The molecule has 1 heterocycles. The molecule has 8 heteroatoms. The summed E-state index contributed by atoms with van der Waals surface area (Å²) in [6.45, 7) is -1.33. The summed E-state index contributed by atoms with van der Waals surface area (Å²) < 4.78 is 48.4. The number of benzene rings is 2. The molecule has 1 atom stereocenters. The van der Waals surface area contributed by atoms with E-state index >= 15 is 0 Å². The molecule has 1 N–H and O–H groups in total. The number of nitrogens with one attached hydrogen (secondary N) is 1. The number of halogens is 3. The lowest BCUT2D eigenvalue weighted by molar-refractivity contribution is -0.498. The van der Waals surface area contributed by atoms with Crippen LogP contribution in [0.15, 0.2) is 54.7 Å². The second kappa shape index (κ2) is 6.36. The third-order valence-corrected chi connectivity index (χ3v) is 4.46. The largest absolute Gasteiger partial charge is 0.496 e. The van der Waals surface area contributed by atoms with Gasteiger partial charge in [0.05, 0.1) is 7.11 Å². The van der Waals surface area contributed by atoms with Crippen molar-refractivity contribution < 1.29 is 22.8 Å². The molecule has 5 nitrogen and oxygen atoms in total. The van der Waals surface area contributed by atoms with Gasteiger partial charge in [-0.2, -0.15) is 13.2 Å². The molecule has 0 saturated carbocycles. The Bertz CT molecular complexity index is 938. The van der Waals surface area contributed by atoms with Gasteiger partial charge in [-0.25, -0.2) is 0 Å². The van der Waals surface area contributed by atoms with E-state index in [1.54, 1.807) is 18.2 Å². The van der Waals surface area contributed by atoms with E-state index in [1.807, 2.05) is 0 Å². The quantitative estimate of drug-likeness (QED) is 0.542. The first-order valence-electron chi connectivity index (χ1n) is 7.70. The van der Waals surface area contributed by atoms with Gasteiger partial charge in [-0.15, -0.1) is 0 Å². The highest BCUT2D eigenvalue weighted by Crippen LogP contribution is 2.50. The Balaban J connectivity index is 2.44. The number of aromatic amines is 1. The summed E-state index contributed by atoms with van der Waals surface area (Å²) in [4.78, 5) is 13.1. The monoisotopic (exact) mass is 364 g/mol. The number of hydrogen-bond acceptors (Lipinski definition) is 3. The molecule has 0 bridgehead atoms. The minimum atomic E-state index is -4.91. The molecule has 0 aliphatic carbocycles. The molecule has 0 radical (unpaired) electrons. The van der Waals surface area contributed by atoms with E-state index in [4.69, 9.17) is 4.74 Å². The first-order chi connectivity index (χ1) is 12.3. The minimum Gasteiger partial charge on any atom is -0.496 e. The maximum atomic E-state index is 14.4. The zero-order chi connectivity index (χ0) is 18.9. The van der Waals surface area contributed by atoms with Gasteiger partial charge >= 0.3 is 6.18 Å². The number of rotatable bonds is 5. The van der Waals surface area contributed by atoms with Crippen LogP contribution in [0.2, 0.25) is 0 Å². The van der Waals surface area contributed by atoms with Gasteiger partial charge in [0.2, 0.25) is 6.54 Å². The Morgan fingerprint density at radius 1 is 1.12 bits per heavy atom. The molecule has 0 amide bonds. The van der Waals surface area contributed by atoms with Crippen LogP contribution < -0.4 is 4.74 Å². The fraction of sp³-hybridized carbons (Fsp3) is 0.222. The highest BCUT2D eigenvalue weighted by atomic mass is 19.4. The molecule has 0 spiro atoms. The molecule has 0 aliphatic rings. The minimum absolute atomic E-state index is 0.179. The fourth-order valence-corrected chi connectivity index (χ4v) is 3.31.